The fourth-order valence-corrected chi connectivity index (χ4v) is 5.31. The number of hydrogen-bond acceptors (Lipinski definition) is 7. The van der Waals surface area contributed by atoms with Crippen molar-refractivity contribution < 1.29 is 14.3 Å². The summed E-state index contributed by atoms with van der Waals surface area (Å²) in [5.74, 6) is 2.25. The molecule has 8 nitrogen and oxygen atoms in total. The molecule has 0 amide bonds. The summed E-state index contributed by atoms with van der Waals surface area (Å²) in [4.78, 5) is 25.2. The zero-order valence-electron chi connectivity index (χ0n) is 21.6. The molecule has 2 aromatic carbocycles. The summed E-state index contributed by atoms with van der Waals surface area (Å²) in [5, 5.41) is 4.72. The van der Waals surface area contributed by atoms with Gasteiger partial charge in [0.2, 0.25) is 5.88 Å². The van der Waals surface area contributed by atoms with Crippen LogP contribution in [0.4, 0.5) is 5.69 Å². The Bertz CT molecular complexity index is 1550. The monoisotopic (exact) mass is 495 g/mol. The molecule has 1 atom stereocenters. The van der Waals surface area contributed by atoms with Crippen LogP contribution in [-0.4, -0.2) is 46.6 Å². The molecule has 0 spiro atoms. The fourth-order valence-electron chi connectivity index (χ4n) is 5.31. The van der Waals surface area contributed by atoms with E-state index in [1.807, 2.05) is 67.5 Å². The van der Waals surface area contributed by atoms with E-state index >= 15 is 0 Å². The molecule has 1 aliphatic heterocycles. The molecular formula is C29H29N5O3. The smallest absolute Gasteiger partial charge is 0.228 e. The molecule has 0 bridgehead atoms. The minimum absolute atomic E-state index is 0.0961. The zero-order chi connectivity index (χ0) is 25.9. The molecule has 188 valence electrons. The summed E-state index contributed by atoms with van der Waals surface area (Å²) in [6, 6.07) is 15.9. The predicted octanol–water partition coefficient (Wildman–Crippen LogP) is 5.03. The molecule has 8 heteroatoms. The van der Waals surface area contributed by atoms with Crippen LogP contribution >= 0.6 is 0 Å². The lowest BCUT2D eigenvalue weighted by Crippen LogP contribution is -2.33. The van der Waals surface area contributed by atoms with E-state index in [0.29, 0.717) is 41.5 Å². The zero-order valence-corrected chi connectivity index (χ0v) is 21.6. The maximum Gasteiger partial charge on any atom is 0.228 e. The first-order valence-electron chi connectivity index (χ1n) is 12.4. The molecule has 4 aromatic rings. The average molecular weight is 496 g/mol. The normalized spacial score (nSPS) is 18.3. The van der Waals surface area contributed by atoms with Gasteiger partial charge >= 0.3 is 0 Å². The number of ketones is 1. The van der Waals surface area contributed by atoms with Crippen molar-refractivity contribution in [2.24, 2.45) is 5.41 Å². The molecule has 0 fully saturated rings. The lowest BCUT2D eigenvalue weighted by molar-refractivity contribution is -0.118. The lowest BCUT2D eigenvalue weighted by Gasteiger charge is -2.37. The molecule has 2 aliphatic rings. The van der Waals surface area contributed by atoms with E-state index in [4.69, 9.17) is 19.6 Å². The van der Waals surface area contributed by atoms with Crippen LogP contribution in [0, 0.1) is 5.41 Å². The number of aromatic nitrogens is 4. The summed E-state index contributed by atoms with van der Waals surface area (Å²) in [7, 11) is 5.65. The Morgan fingerprint density at radius 3 is 2.46 bits per heavy atom. The van der Waals surface area contributed by atoms with Crippen molar-refractivity contribution >= 4 is 17.1 Å². The Hall–Kier alpha value is -4.20. The fraction of sp³-hybridized carbons (Fsp3) is 0.310. The van der Waals surface area contributed by atoms with Crippen molar-refractivity contribution in [1.29, 1.82) is 0 Å². The number of allylic oxidation sites excluding steroid dienone is 2. The molecule has 1 unspecified atom stereocenters. The molecule has 1 aliphatic carbocycles. The number of carbonyl (C=O) groups excluding carboxylic acids is 1. The predicted molar refractivity (Wildman–Crippen MR) is 141 cm³/mol. The summed E-state index contributed by atoms with van der Waals surface area (Å²) >= 11 is 0. The minimum atomic E-state index is -0.363. The van der Waals surface area contributed by atoms with Crippen LogP contribution < -0.4 is 14.4 Å². The molecule has 6 rings (SSSR count). The van der Waals surface area contributed by atoms with Crippen LogP contribution in [-0.2, 0) is 4.79 Å². The van der Waals surface area contributed by atoms with Crippen LogP contribution in [0.25, 0.3) is 17.0 Å². The van der Waals surface area contributed by atoms with Crippen LogP contribution in [0.1, 0.15) is 43.7 Å². The minimum Gasteiger partial charge on any atom is -0.497 e. The number of rotatable bonds is 4. The standard InChI is InChI=1S/C29H29N5O3/c1-29(2)14-21(35)24-22(15-29)37-28-25(23(24)17-8-12-20(36-5)13-9-17)27-31-26(32-34(27)16-30-28)18-6-10-19(11-7-18)33(3)4/h6-13,16,23H,14-15H2,1-5H3. The van der Waals surface area contributed by atoms with Crippen molar-refractivity contribution in [3.05, 3.63) is 77.3 Å². The third-order valence-corrected chi connectivity index (χ3v) is 7.15. The third kappa shape index (κ3) is 3.93. The highest BCUT2D eigenvalue weighted by Gasteiger charge is 2.44. The number of nitrogens with zero attached hydrogens (tertiary/aromatic N) is 5. The van der Waals surface area contributed by atoms with E-state index in [-0.39, 0.29) is 17.1 Å². The largest absolute Gasteiger partial charge is 0.497 e. The van der Waals surface area contributed by atoms with Gasteiger partial charge in [0.25, 0.3) is 0 Å². The Morgan fingerprint density at radius 1 is 1.05 bits per heavy atom. The first kappa shape index (κ1) is 23.2. The van der Waals surface area contributed by atoms with Crippen molar-refractivity contribution in [2.45, 2.75) is 32.6 Å². The van der Waals surface area contributed by atoms with Crippen molar-refractivity contribution in [2.75, 3.05) is 26.1 Å². The Balaban J connectivity index is 1.54. The molecular weight excluding hydrogens is 466 g/mol. The van der Waals surface area contributed by atoms with Crippen LogP contribution in [0.5, 0.6) is 11.6 Å². The molecule has 3 heterocycles. The van der Waals surface area contributed by atoms with E-state index in [1.54, 1.807) is 18.0 Å². The van der Waals surface area contributed by atoms with Crippen LogP contribution in [0.3, 0.4) is 0 Å². The Morgan fingerprint density at radius 2 is 1.78 bits per heavy atom. The molecule has 37 heavy (non-hydrogen) atoms. The lowest BCUT2D eigenvalue weighted by atomic mass is 9.70. The number of anilines is 1. The van der Waals surface area contributed by atoms with Gasteiger partial charge in [0.1, 0.15) is 17.8 Å². The number of fused-ring (bicyclic) bond motifs is 3. The first-order valence-corrected chi connectivity index (χ1v) is 12.4. The number of benzene rings is 2. The SMILES string of the molecule is COc1ccc(C2C3=C(CC(C)(C)CC3=O)Oc3ncn4nc(-c5ccc(N(C)C)cc5)nc4c32)cc1. The molecule has 0 saturated heterocycles. The molecule has 0 radical (unpaired) electrons. The average Bonchev–Trinajstić information content (AvgIpc) is 3.31. The van der Waals surface area contributed by atoms with E-state index < -0.39 is 0 Å². The highest BCUT2D eigenvalue weighted by atomic mass is 16.5. The quantitative estimate of drug-likeness (QED) is 0.393. The van der Waals surface area contributed by atoms with Gasteiger partial charge in [-0.1, -0.05) is 26.0 Å². The van der Waals surface area contributed by atoms with Gasteiger partial charge in [-0.3, -0.25) is 4.79 Å². The number of carbonyl (C=O) groups is 1. The van der Waals surface area contributed by atoms with Gasteiger partial charge in [0.15, 0.2) is 17.3 Å². The molecule has 0 N–H and O–H groups in total. The van der Waals surface area contributed by atoms with Crippen molar-refractivity contribution in [3.8, 4) is 23.0 Å². The van der Waals surface area contributed by atoms with Gasteiger partial charge in [0, 0.05) is 49.7 Å². The van der Waals surface area contributed by atoms with Gasteiger partial charge < -0.3 is 14.4 Å². The number of hydrogen-bond donors (Lipinski definition) is 0. The topological polar surface area (TPSA) is 81.8 Å². The Kier molecular flexibility index (Phi) is 5.29. The van der Waals surface area contributed by atoms with Gasteiger partial charge in [-0.2, -0.15) is 0 Å². The third-order valence-electron chi connectivity index (χ3n) is 7.15. The summed E-state index contributed by atoms with van der Waals surface area (Å²) in [6.07, 6.45) is 2.76. The van der Waals surface area contributed by atoms with E-state index in [0.717, 1.165) is 28.1 Å². The molecule has 0 saturated carbocycles. The first-order chi connectivity index (χ1) is 17.7. The Labute approximate surface area is 215 Å². The van der Waals surface area contributed by atoms with Gasteiger partial charge in [-0.05, 0) is 47.4 Å². The van der Waals surface area contributed by atoms with Crippen LogP contribution in [0.15, 0.2) is 66.2 Å². The summed E-state index contributed by atoms with van der Waals surface area (Å²) in [6.45, 7) is 4.19. The second-order valence-corrected chi connectivity index (χ2v) is 10.7. The van der Waals surface area contributed by atoms with E-state index in [1.165, 1.54) is 0 Å². The number of ether oxygens (including phenoxy) is 2. The number of Topliss-reactive ketones (excluding diaryl/α,β-unsaturated/α-hetero) is 1. The van der Waals surface area contributed by atoms with Gasteiger partial charge in [-0.15, -0.1) is 5.10 Å². The second-order valence-electron chi connectivity index (χ2n) is 10.7. The second kappa shape index (κ2) is 8.44. The maximum atomic E-state index is 13.6. The highest BCUT2D eigenvalue weighted by molar-refractivity contribution is 6.00. The van der Waals surface area contributed by atoms with Crippen molar-refractivity contribution in [1.82, 2.24) is 19.6 Å². The van der Waals surface area contributed by atoms with Gasteiger partial charge in [-0.25, -0.2) is 14.5 Å². The van der Waals surface area contributed by atoms with Crippen molar-refractivity contribution in [3.63, 3.8) is 0 Å². The number of methoxy groups -OCH3 is 1. The van der Waals surface area contributed by atoms with Gasteiger partial charge in [0.05, 0.1) is 12.7 Å². The van der Waals surface area contributed by atoms with E-state index in [2.05, 4.69) is 18.8 Å². The highest BCUT2D eigenvalue weighted by Crippen LogP contribution is 2.50. The van der Waals surface area contributed by atoms with Crippen LogP contribution in [0.2, 0.25) is 0 Å². The maximum absolute atomic E-state index is 13.6. The molecule has 2 aromatic heterocycles. The van der Waals surface area contributed by atoms with E-state index in [9.17, 15) is 4.79 Å². The summed E-state index contributed by atoms with van der Waals surface area (Å²) < 4.78 is 13.4. The summed E-state index contributed by atoms with van der Waals surface area (Å²) in [5.41, 5.74) is 4.84.